The molecule has 5 rings (SSSR count). The number of hydrogen-bond donors (Lipinski definition) is 1. The Morgan fingerprint density at radius 1 is 1.06 bits per heavy atom. The average Bonchev–Trinajstić information content (AvgIpc) is 3.21. The zero-order valence-corrected chi connectivity index (χ0v) is 18.6. The van der Waals surface area contributed by atoms with E-state index < -0.39 is 0 Å². The average molecular weight is 444 g/mol. The number of benzene rings is 2. The summed E-state index contributed by atoms with van der Waals surface area (Å²) in [6.45, 7) is 1.43. The minimum Gasteiger partial charge on any atom is -0.367 e. The maximum absolute atomic E-state index is 12.7. The summed E-state index contributed by atoms with van der Waals surface area (Å²) in [4.78, 5) is 19.5. The number of carbonyl (C=O) groups excluding carboxylic acids is 1. The molecule has 1 aliphatic rings. The van der Waals surface area contributed by atoms with Crippen LogP contribution in [0.1, 0.15) is 23.2 Å². The van der Waals surface area contributed by atoms with Crippen LogP contribution in [-0.4, -0.2) is 52.4 Å². The standard InChI is InChI=1S/C24H23BClN5O/c25-19-15-27-31-22(14-21(29-23(19)31)18-8-4-5-9-20(18)26)28-17-10-12-30(13-11-17)24(32)16-6-2-1-3-7-16/h1-9,14-15,17,28H,10-13,25H2. The summed E-state index contributed by atoms with van der Waals surface area (Å²) < 4.78 is 1.84. The molecule has 0 bridgehead atoms. The SMILES string of the molecule is Bc1cnn2c(NC3CCN(C(=O)c4ccccc4)CC3)cc(-c3ccccc3Cl)nc12. The van der Waals surface area contributed by atoms with Crippen molar-refractivity contribution in [3.8, 4) is 11.3 Å². The minimum absolute atomic E-state index is 0.0964. The third kappa shape index (κ3) is 3.96. The van der Waals surface area contributed by atoms with Crippen molar-refractivity contribution in [1.29, 1.82) is 0 Å². The fourth-order valence-electron chi connectivity index (χ4n) is 4.18. The molecule has 1 aliphatic heterocycles. The summed E-state index contributed by atoms with van der Waals surface area (Å²) in [6, 6.07) is 19.4. The van der Waals surface area contributed by atoms with E-state index in [0.29, 0.717) is 5.02 Å². The van der Waals surface area contributed by atoms with Crippen molar-refractivity contribution in [1.82, 2.24) is 19.5 Å². The molecule has 160 valence electrons. The van der Waals surface area contributed by atoms with Crippen molar-refractivity contribution in [2.24, 2.45) is 0 Å². The van der Waals surface area contributed by atoms with Gasteiger partial charge in [0.25, 0.3) is 5.91 Å². The van der Waals surface area contributed by atoms with Crippen molar-refractivity contribution >= 4 is 42.3 Å². The van der Waals surface area contributed by atoms with Crippen LogP contribution in [0.15, 0.2) is 66.9 Å². The molecule has 8 heteroatoms. The van der Waals surface area contributed by atoms with Crippen molar-refractivity contribution in [2.45, 2.75) is 18.9 Å². The summed E-state index contributed by atoms with van der Waals surface area (Å²) in [5.74, 6) is 0.977. The van der Waals surface area contributed by atoms with E-state index >= 15 is 0 Å². The van der Waals surface area contributed by atoms with E-state index in [4.69, 9.17) is 16.6 Å². The van der Waals surface area contributed by atoms with E-state index in [9.17, 15) is 4.79 Å². The van der Waals surface area contributed by atoms with Crippen molar-refractivity contribution in [3.63, 3.8) is 0 Å². The lowest BCUT2D eigenvalue weighted by atomic mass is 10.0. The molecule has 32 heavy (non-hydrogen) atoms. The Hall–Kier alpha value is -3.32. The van der Waals surface area contributed by atoms with Crippen LogP contribution in [0.2, 0.25) is 5.02 Å². The fourth-order valence-corrected chi connectivity index (χ4v) is 4.41. The van der Waals surface area contributed by atoms with Gasteiger partial charge in [-0.15, -0.1) is 0 Å². The second kappa shape index (κ2) is 8.67. The first-order valence-corrected chi connectivity index (χ1v) is 11.2. The molecule has 1 N–H and O–H groups in total. The largest absolute Gasteiger partial charge is 0.367 e. The van der Waals surface area contributed by atoms with Gasteiger partial charge in [0, 0.05) is 47.5 Å². The number of nitrogens with zero attached hydrogens (tertiary/aromatic N) is 4. The Balaban J connectivity index is 1.37. The molecule has 0 radical (unpaired) electrons. The third-order valence-corrected chi connectivity index (χ3v) is 6.28. The van der Waals surface area contributed by atoms with Crippen LogP contribution < -0.4 is 10.8 Å². The highest BCUT2D eigenvalue weighted by atomic mass is 35.5. The van der Waals surface area contributed by atoms with Gasteiger partial charge in [0.1, 0.15) is 13.7 Å². The quantitative estimate of drug-likeness (QED) is 0.493. The third-order valence-electron chi connectivity index (χ3n) is 5.95. The highest BCUT2D eigenvalue weighted by molar-refractivity contribution is 6.36. The number of anilines is 1. The number of fused-ring (bicyclic) bond motifs is 1. The van der Waals surface area contributed by atoms with Crippen LogP contribution >= 0.6 is 11.6 Å². The molecule has 2 aromatic carbocycles. The van der Waals surface area contributed by atoms with E-state index in [2.05, 4.69) is 10.4 Å². The Bertz CT molecular complexity index is 1270. The van der Waals surface area contributed by atoms with Gasteiger partial charge in [-0.2, -0.15) is 9.61 Å². The number of nitrogens with one attached hydrogen (secondary N) is 1. The summed E-state index contributed by atoms with van der Waals surface area (Å²) in [7, 11) is 2.00. The van der Waals surface area contributed by atoms with Crippen LogP contribution in [0, 0.1) is 0 Å². The first-order valence-electron chi connectivity index (χ1n) is 10.8. The first kappa shape index (κ1) is 20.6. The number of rotatable bonds is 4. The maximum Gasteiger partial charge on any atom is 0.253 e. The molecule has 0 aliphatic carbocycles. The van der Waals surface area contributed by atoms with Gasteiger partial charge in [-0.25, -0.2) is 4.98 Å². The van der Waals surface area contributed by atoms with Crippen LogP contribution in [0.5, 0.6) is 0 Å². The molecule has 4 aromatic rings. The van der Waals surface area contributed by atoms with Crippen LogP contribution in [0.25, 0.3) is 16.9 Å². The lowest BCUT2D eigenvalue weighted by Gasteiger charge is -2.33. The fraction of sp³-hybridized carbons (Fsp3) is 0.208. The Kier molecular flexibility index (Phi) is 5.58. The van der Waals surface area contributed by atoms with Gasteiger partial charge in [0.05, 0.1) is 5.69 Å². The molecule has 0 unspecified atom stereocenters. The molecule has 0 saturated carbocycles. The summed E-state index contributed by atoms with van der Waals surface area (Å²) in [6.07, 6.45) is 3.55. The van der Waals surface area contributed by atoms with Gasteiger partial charge in [-0.3, -0.25) is 4.79 Å². The number of carbonyl (C=O) groups is 1. The molecule has 1 amide bonds. The van der Waals surface area contributed by atoms with E-state index in [-0.39, 0.29) is 11.9 Å². The van der Waals surface area contributed by atoms with Crippen molar-refractivity contribution in [3.05, 3.63) is 77.4 Å². The van der Waals surface area contributed by atoms with Gasteiger partial charge in [0.2, 0.25) is 0 Å². The molecule has 1 fully saturated rings. The lowest BCUT2D eigenvalue weighted by molar-refractivity contribution is 0.0718. The summed E-state index contributed by atoms with van der Waals surface area (Å²) in [5.41, 5.74) is 4.26. The predicted molar refractivity (Wildman–Crippen MR) is 131 cm³/mol. The van der Waals surface area contributed by atoms with Crippen LogP contribution in [-0.2, 0) is 0 Å². The highest BCUT2D eigenvalue weighted by Crippen LogP contribution is 2.29. The molecular weight excluding hydrogens is 421 g/mol. The van der Waals surface area contributed by atoms with Crippen LogP contribution in [0.3, 0.4) is 0 Å². The number of piperidine rings is 1. The molecule has 3 heterocycles. The lowest BCUT2D eigenvalue weighted by Crippen LogP contribution is -2.42. The minimum atomic E-state index is 0.0964. The zero-order valence-electron chi connectivity index (χ0n) is 17.8. The van der Waals surface area contributed by atoms with Crippen LogP contribution in [0.4, 0.5) is 5.82 Å². The monoisotopic (exact) mass is 443 g/mol. The van der Waals surface area contributed by atoms with Gasteiger partial charge in [-0.1, -0.05) is 48.0 Å². The highest BCUT2D eigenvalue weighted by Gasteiger charge is 2.24. The normalized spacial score (nSPS) is 14.6. The number of likely N-dealkylation sites (tertiary alicyclic amines) is 1. The first-order chi connectivity index (χ1) is 15.6. The van der Waals surface area contributed by atoms with Gasteiger partial charge in [-0.05, 0) is 36.5 Å². The van der Waals surface area contributed by atoms with Crippen molar-refractivity contribution < 1.29 is 4.79 Å². The number of halogens is 1. The number of amides is 1. The smallest absolute Gasteiger partial charge is 0.253 e. The van der Waals surface area contributed by atoms with Gasteiger partial charge >= 0.3 is 0 Å². The second-order valence-corrected chi connectivity index (χ2v) is 8.55. The van der Waals surface area contributed by atoms with Gasteiger partial charge in [0.15, 0.2) is 5.65 Å². The van der Waals surface area contributed by atoms with Crippen molar-refractivity contribution in [2.75, 3.05) is 18.4 Å². The van der Waals surface area contributed by atoms with E-state index in [0.717, 1.165) is 59.7 Å². The van der Waals surface area contributed by atoms with E-state index in [1.807, 2.05) is 84.1 Å². The van der Waals surface area contributed by atoms with E-state index in [1.54, 1.807) is 0 Å². The Labute approximate surface area is 192 Å². The Morgan fingerprint density at radius 3 is 2.53 bits per heavy atom. The predicted octanol–water partition coefficient (Wildman–Crippen LogP) is 3.02. The topological polar surface area (TPSA) is 62.5 Å². The molecule has 6 nitrogen and oxygen atoms in total. The Morgan fingerprint density at radius 2 is 1.78 bits per heavy atom. The van der Waals surface area contributed by atoms with E-state index in [1.165, 1.54) is 0 Å². The maximum atomic E-state index is 12.7. The zero-order chi connectivity index (χ0) is 22.1. The number of aromatic nitrogens is 3. The molecular formula is C24H23BClN5O. The van der Waals surface area contributed by atoms with Gasteiger partial charge < -0.3 is 10.2 Å². The molecule has 1 saturated heterocycles. The second-order valence-electron chi connectivity index (χ2n) is 8.15. The molecule has 2 aromatic heterocycles. The number of hydrogen-bond acceptors (Lipinski definition) is 4. The molecule has 0 spiro atoms. The summed E-state index contributed by atoms with van der Waals surface area (Å²) >= 11 is 6.44. The molecule has 0 atom stereocenters. The summed E-state index contributed by atoms with van der Waals surface area (Å²) in [5, 5.41) is 8.83.